The summed E-state index contributed by atoms with van der Waals surface area (Å²) < 4.78 is 0. The van der Waals surface area contributed by atoms with E-state index in [0.717, 1.165) is 10.6 Å². The molecule has 30 heavy (non-hydrogen) atoms. The van der Waals surface area contributed by atoms with Crippen LogP contribution in [-0.4, -0.2) is 65.4 Å². The number of hydrogen-bond donors (Lipinski definition) is 3. The minimum atomic E-state index is -0.934. The van der Waals surface area contributed by atoms with Crippen LogP contribution in [0, 0.1) is 0 Å². The smallest absolute Gasteiger partial charge is 0.265 e. The zero-order chi connectivity index (χ0) is 21.7. The Morgan fingerprint density at radius 1 is 1.20 bits per heavy atom. The van der Waals surface area contributed by atoms with Crippen LogP contribution in [-0.2, 0) is 25.6 Å². The Labute approximate surface area is 175 Å². The van der Waals surface area contributed by atoms with Gasteiger partial charge in [0.25, 0.3) is 5.91 Å². The zero-order valence-corrected chi connectivity index (χ0v) is 17.1. The Hall–Kier alpha value is -3.20. The van der Waals surface area contributed by atoms with Gasteiger partial charge >= 0.3 is 0 Å². The number of carbonyl (C=O) groups is 4. The molecule has 0 aliphatic carbocycles. The van der Waals surface area contributed by atoms with Gasteiger partial charge in [0.1, 0.15) is 6.04 Å². The normalized spacial score (nSPS) is 21.8. The van der Waals surface area contributed by atoms with Crippen molar-refractivity contribution >= 4 is 23.6 Å². The van der Waals surface area contributed by atoms with Crippen molar-refractivity contribution in [2.45, 2.75) is 44.3 Å². The summed E-state index contributed by atoms with van der Waals surface area (Å²) >= 11 is 0. The molecule has 0 saturated carbocycles. The SMILES string of the molecule is CN[C@@H](C)C(=O)N[C@H]1CCC(=O)N2C=C[C@@H](C(=O)NCCc3ccccc3)N2C1=O. The highest BCUT2D eigenvalue weighted by Gasteiger charge is 2.44. The fourth-order valence-corrected chi connectivity index (χ4v) is 3.40. The van der Waals surface area contributed by atoms with Crippen molar-refractivity contribution in [1.82, 2.24) is 26.0 Å². The summed E-state index contributed by atoms with van der Waals surface area (Å²) in [4.78, 5) is 50.5. The van der Waals surface area contributed by atoms with Crippen molar-refractivity contribution in [2.24, 2.45) is 0 Å². The number of rotatable bonds is 7. The zero-order valence-electron chi connectivity index (χ0n) is 17.1. The predicted molar refractivity (Wildman–Crippen MR) is 109 cm³/mol. The first-order valence-electron chi connectivity index (χ1n) is 10.0. The number of fused-ring (bicyclic) bond motifs is 1. The van der Waals surface area contributed by atoms with Crippen molar-refractivity contribution in [3.8, 4) is 0 Å². The Bertz CT molecular complexity index is 841. The van der Waals surface area contributed by atoms with Crippen molar-refractivity contribution in [3.05, 3.63) is 48.2 Å². The fraction of sp³-hybridized carbons (Fsp3) is 0.429. The summed E-state index contributed by atoms with van der Waals surface area (Å²) in [5.74, 6) is -1.49. The number of carbonyl (C=O) groups excluding carboxylic acids is 4. The highest BCUT2D eigenvalue weighted by molar-refractivity contribution is 5.97. The van der Waals surface area contributed by atoms with Gasteiger partial charge in [-0.3, -0.25) is 19.2 Å². The number of benzene rings is 1. The number of amides is 4. The third-order valence-corrected chi connectivity index (χ3v) is 5.30. The van der Waals surface area contributed by atoms with Crippen molar-refractivity contribution in [2.75, 3.05) is 13.6 Å². The average molecular weight is 413 g/mol. The van der Waals surface area contributed by atoms with E-state index in [4.69, 9.17) is 0 Å². The van der Waals surface area contributed by atoms with Gasteiger partial charge in [-0.15, -0.1) is 0 Å². The Morgan fingerprint density at radius 2 is 1.93 bits per heavy atom. The molecule has 4 amide bonds. The number of hydrazine groups is 1. The van der Waals surface area contributed by atoms with Gasteiger partial charge in [-0.2, -0.15) is 0 Å². The summed E-state index contributed by atoms with van der Waals surface area (Å²) in [6.45, 7) is 2.08. The summed E-state index contributed by atoms with van der Waals surface area (Å²) in [5.41, 5.74) is 1.09. The van der Waals surface area contributed by atoms with E-state index in [1.165, 1.54) is 17.3 Å². The van der Waals surface area contributed by atoms with E-state index in [-0.39, 0.29) is 30.6 Å². The lowest BCUT2D eigenvalue weighted by atomic mass is 10.1. The molecule has 160 valence electrons. The third kappa shape index (κ3) is 4.68. The van der Waals surface area contributed by atoms with Crippen LogP contribution in [0.15, 0.2) is 42.6 Å². The van der Waals surface area contributed by atoms with Crippen molar-refractivity contribution in [3.63, 3.8) is 0 Å². The van der Waals surface area contributed by atoms with Gasteiger partial charge < -0.3 is 16.0 Å². The maximum atomic E-state index is 13.1. The second kappa shape index (κ2) is 9.53. The van der Waals surface area contributed by atoms with E-state index < -0.39 is 24.0 Å². The van der Waals surface area contributed by atoms with Crippen molar-refractivity contribution < 1.29 is 19.2 Å². The molecule has 3 atom stereocenters. The van der Waals surface area contributed by atoms with Gasteiger partial charge in [-0.1, -0.05) is 30.3 Å². The molecule has 1 aromatic carbocycles. The molecule has 9 heteroatoms. The highest BCUT2D eigenvalue weighted by Crippen LogP contribution is 2.23. The summed E-state index contributed by atoms with van der Waals surface area (Å²) in [6.07, 6.45) is 3.90. The van der Waals surface area contributed by atoms with Crippen molar-refractivity contribution in [1.29, 1.82) is 0 Å². The van der Waals surface area contributed by atoms with E-state index in [9.17, 15) is 19.2 Å². The third-order valence-electron chi connectivity index (χ3n) is 5.30. The highest BCUT2D eigenvalue weighted by atomic mass is 16.2. The summed E-state index contributed by atoms with van der Waals surface area (Å²) in [6, 6.07) is 7.44. The van der Waals surface area contributed by atoms with Crippen LogP contribution in [0.5, 0.6) is 0 Å². The molecule has 0 aromatic heterocycles. The first-order valence-corrected chi connectivity index (χ1v) is 10.0. The Morgan fingerprint density at radius 3 is 2.63 bits per heavy atom. The Balaban J connectivity index is 1.67. The van der Waals surface area contributed by atoms with E-state index >= 15 is 0 Å². The number of nitrogens with one attached hydrogen (secondary N) is 3. The van der Waals surface area contributed by atoms with E-state index in [0.29, 0.717) is 13.0 Å². The number of nitrogens with zero attached hydrogens (tertiary/aromatic N) is 2. The van der Waals surface area contributed by atoms with Gasteiger partial charge in [0.2, 0.25) is 17.7 Å². The lowest BCUT2D eigenvalue weighted by Crippen LogP contribution is -2.58. The van der Waals surface area contributed by atoms with E-state index in [2.05, 4.69) is 16.0 Å². The van der Waals surface area contributed by atoms with Crippen LogP contribution in [0.25, 0.3) is 0 Å². The molecule has 1 saturated heterocycles. The predicted octanol–water partition coefficient (Wildman–Crippen LogP) is -0.300. The lowest BCUT2D eigenvalue weighted by molar-refractivity contribution is -0.159. The van der Waals surface area contributed by atoms with E-state index in [1.807, 2.05) is 30.3 Å². The second-order valence-corrected chi connectivity index (χ2v) is 7.34. The van der Waals surface area contributed by atoms with Crippen LogP contribution in [0.1, 0.15) is 25.3 Å². The minimum Gasteiger partial charge on any atom is -0.354 e. The molecule has 2 aliphatic heterocycles. The molecular weight excluding hydrogens is 386 g/mol. The minimum absolute atomic E-state index is 0.0911. The van der Waals surface area contributed by atoms with E-state index in [1.54, 1.807) is 14.0 Å². The van der Waals surface area contributed by atoms with Crippen LogP contribution in [0.3, 0.4) is 0 Å². The van der Waals surface area contributed by atoms with Crippen LogP contribution < -0.4 is 16.0 Å². The topological polar surface area (TPSA) is 111 Å². The quantitative estimate of drug-likeness (QED) is 0.568. The number of likely N-dealkylation sites (N-methyl/N-ethyl adjacent to an activating group) is 1. The van der Waals surface area contributed by atoms with Gasteiger partial charge in [0.05, 0.1) is 6.04 Å². The molecule has 0 bridgehead atoms. The van der Waals surface area contributed by atoms with Crippen LogP contribution in [0.4, 0.5) is 0 Å². The monoisotopic (exact) mass is 413 g/mol. The molecule has 0 radical (unpaired) electrons. The molecule has 0 spiro atoms. The molecule has 0 unspecified atom stereocenters. The average Bonchev–Trinajstić information content (AvgIpc) is 3.17. The molecule has 3 N–H and O–H groups in total. The van der Waals surface area contributed by atoms with Gasteiger partial charge in [-0.05, 0) is 38.5 Å². The lowest BCUT2D eigenvalue weighted by Gasteiger charge is -2.31. The Kier molecular flexibility index (Phi) is 6.83. The molecule has 3 rings (SSSR count). The summed E-state index contributed by atoms with van der Waals surface area (Å²) in [5, 5.41) is 10.6. The molecule has 1 fully saturated rings. The van der Waals surface area contributed by atoms with Gasteiger partial charge in [0.15, 0.2) is 6.04 Å². The van der Waals surface area contributed by atoms with Crippen LogP contribution >= 0.6 is 0 Å². The largest absolute Gasteiger partial charge is 0.354 e. The standard InChI is InChI=1S/C21H27N5O4/c1-14(22-2)19(28)24-16-8-9-18(27)25-13-11-17(26(25)21(16)30)20(29)23-12-10-15-6-4-3-5-7-15/h3-7,11,13-14,16-17,22H,8-10,12H2,1-2H3,(H,23,29)(H,24,28)/t14-,16-,17-/m0/s1. The fourth-order valence-electron chi connectivity index (χ4n) is 3.40. The second-order valence-electron chi connectivity index (χ2n) is 7.34. The van der Waals surface area contributed by atoms with Gasteiger partial charge in [-0.25, -0.2) is 10.0 Å². The summed E-state index contributed by atoms with van der Waals surface area (Å²) in [7, 11) is 1.64. The molecule has 1 aromatic rings. The maximum Gasteiger partial charge on any atom is 0.265 e. The first-order chi connectivity index (χ1) is 14.4. The molecule has 9 nitrogen and oxygen atoms in total. The first kappa shape index (κ1) is 21.5. The molecular formula is C21H27N5O4. The van der Waals surface area contributed by atoms with Crippen LogP contribution in [0.2, 0.25) is 0 Å². The maximum absolute atomic E-state index is 13.1. The number of hydrogen-bond acceptors (Lipinski definition) is 5. The molecule has 2 aliphatic rings. The van der Waals surface area contributed by atoms with Gasteiger partial charge in [0, 0.05) is 19.2 Å². The molecule has 2 heterocycles.